The van der Waals surface area contributed by atoms with Gasteiger partial charge in [0.15, 0.2) is 23.0 Å². The quantitative estimate of drug-likeness (QED) is 0.144. The number of hydrogen-bond acceptors (Lipinski definition) is 10. The van der Waals surface area contributed by atoms with Crippen LogP contribution in [0.5, 0.6) is 23.0 Å². The smallest absolute Gasteiger partial charge is 0.316 e. The molecule has 2 aliphatic heterocycles. The second-order valence-corrected chi connectivity index (χ2v) is 18.1. The molecule has 2 aromatic carbocycles. The lowest BCUT2D eigenvalue weighted by Crippen LogP contribution is -2.44. The predicted molar refractivity (Wildman–Crippen MR) is 227 cm³/mol. The van der Waals surface area contributed by atoms with Crippen LogP contribution in [0, 0.1) is 10.8 Å². The number of rotatable bonds is 17. The lowest BCUT2D eigenvalue weighted by Gasteiger charge is -2.41. The van der Waals surface area contributed by atoms with Gasteiger partial charge in [-0.2, -0.15) is 0 Å². The number of likely N-dealkylation sites (N-methyl/N-ethyl adjacent to an activating group) is 1. The van der Waals surface area contributed by atoms with Crippen molar-refractivity contribution in [2.24, 2.45) is 10.8 Å². The second-order valence-electron chi connectivity index (χ2n) is 18.1. The second kappa shape index (κ2) is 17.7. The summed E-state index contributed by atoms with van der Waals surface area (Å²) in [6.07, 6.45) is 13.4. The van der Waals surface area contributed by atoms with Crippen LogP contribution in [-0.2, 0) is 29.9 Å². The molecule has 4 aliphatic rings. The van der Waals surface area contributed by atoms with Crippen molar-refractivity contribution in [3.8, 4) is 23.0 Å². The molecular formula is C48H68N2O8. The highest BCUT2D eigenvalue weighted by Gasteiger charge is 2.51. The standard InChI is InChI=1S/C48H68N2O8/c1-11-20-45(3,4)43(51)57-36-19-23-48(34-15-17-38(54-8)40(30-34)56-10)25-28-50(42(48)32-36)26-13-21-46(5,12-2)44(52)58-35-18-22-47(24-27-49(6)41(47)31-35)33-14-16-37(53-7)39(29-33)55-9/h14-17,29-32,41-42H,11-13,18-28H2,1-10H3/t41-,42-,46?,47-,48-/m0/s1. The van der Waals surface area contributed by atoms with Gasteiger partial charge in [-0.25, -0.2) is 0 Å². The summed E-state index contributed by atoms with van der Waals surface area (Å²) >= 11 is 0. The Balaban J connectivity index is 1.17. The van der Waals surface area contributed by atoms with Crippen molar-refractivity contribution in [2.75, 3.05) is 55.1 Å². The molecule has 1 unspecified atom stereocenters. The lowest BCUT2D eigenvalue weighted by atomic mass is 9.68. The fourth-order valence-corrected chi connectivity index (χ4v) is 10.3. The first-order valence-electron chi connectivity index (χ1n) is 21.5. The molecule has 10 heteroatoms. The van der Waals surface area contributed by atoms with E-state index in [0.29, 0.717) is 37.2 Å². The maximum absolute atomic E-state index is 14.1. The molecule has 5 atom stereocenters. The topological polar surface area (TPSA) is 96.0 Å². The number of ether oxygens (including phenoxy) is 6. The van der Waals surface area contributed by atoms with E-state index in [4.69, 9.17) is 28.4 Å². The Bertz CT molecular complexity index is 1870. The highest BCUT2D eigenvalue weighted by Crippen LogP contribution is 2.52. The maximum atomic E-state index is 14.1. The van der Waals surface area contributed by atoms with E-state index < -0.39 is 10.8 Å². The molecule has 2 heterocycles. The predicted octanol–water partition coefficient (Wildman–Crippen LogP) is 9.14. The van der Waals surface area contributed by atoms with Crippen molar-refractivity contribution < 1.29 is 38.0 Å². The van der Waals surface area contributed by atoms with Crippen LogP contribution in [0.1, 0.15) is 116 Å². The molecule has 2 aliphatic carbocycles. The van der Waals surface area contributed by atoms with Gasteiger partial charge in [-0.1, -0.05) is 32.4 Å². The van der Waals surface area contributed by atoms with Crippen LogP contribution in [0.3, 0.4) is 0 Å². The van der Waals surface area contributed by atoms with Crippen LogP contribution in [0.25, 0.3) is 0 Å². The molecule has 2 saturated heterocycles. The van der Waals surface area contributed by atoms with Gasteiger partial charge in [0.2, 0.25) is 0 Å². The number of allylic oxidation sites excluding steroid dienone is 2. The monoisotopic (exact) mass is 800 g/mol. The van der Waals surface area contributed by atoms with E-state index in [9.17, 15) is 9.59 Å². The molecule has 318 valence electrons. The Hall–Kier alpha value is -4.02. The van der Waals surface area contributed by atoms with Gasteiger partial charge in [0.05, 0.1) is 39.3 Å². The Labute approximate surface area is 347 Å². The molecule has 2 fully saturated rings. The highest BCUT2D eigenvalue weighted by molar-refractivity contribution is 5.77. The average molecular weight is 801 g/mol. The van der Waals surface area contributed by atoms with Crippen LogP contribution < -0.4 is 18.9 Å². The summed E-state index contributed by atoms with van der Waals surface area (Å²) in [5.74, 6) is 4.09. The molecule has 0 N–H and O–H groups in total. The van der Waals surface area contributed by atoms with Gasteiger partial charge in [0.1, 0.15) is 11.5 Å². The van der Waals surface area contributed by atoms with Crippen molar-refractivity contribution in [1.29, 1.82) is 0 Å². The summed E-state index contributed by atoms with van der Waals surface area (Å²) < 4.78 is 35.0. The zero-order valence-corrected chi connectivity index (χ0v) is 36.8. The fourth-order valence-electron chi connectivity index (χ4n) is 10.3. The van der Waals surface area contributed by atoms with Crippen molar-refractivity contribution in [3.05, 3.63) is 71.2 Å². The number of carbonyl (C=O) groups excluding carboxylic acids is 2. The third kappa shape index (κ3) is 8.25. The van der Waals surface area contributed by atoms with E-state index in [1.807, 2.05) is 26.0 Å². The first-order chi connectivity index (χ1) is 27.7. The van der Waals surface area contributed by atoms with Gasteiger partial charge in [-0.05, 0) is 146 Å². The molecule has 2 aromatic rings. The Morgan fingerprint density at radius 2 is 1.21 bits per heavy atom. The molecular weight excluding hydrogens is 733 g/mol. The summed E-state index contributed by atoms with van der Waals surface area (Å²) in [4.78, 5) is 32.4. The summed E-state index contributed by atoms with van der Waals surface area (Å²) in [6, 6.07) is 12.7. The molecule has 6 rings (SSSR count). The molecule has 0 saturated carbocycles. The number of benzene rings is 2. The zero-order chi connectivity index (χ0) is 41.9. The van der Waals surface area contributed by atoms with Crippen LogP contribution in [0.15, 0.2) is 60.1 Å². The van der Waals surface area contributed by atoms with Crippen LogP contribution in [0.2, 0.25) is 0 Å². The summed E-state index contributed by atoms with van der Waals surface area (Å²) in [7, 11) is 8.83. The number of esters is 2. The normalized spacial score (nSPS) is 25.8. The molecule has 0 spiro atoms. The minimum atomic E-state index is -0.631. The third-order valence-electron chi connectivity index (χ3n) is 14.3. The fraction of sp³-hybridized carbons (Fsp3) is 0.625. The summed E-state index contributed by atoms with van der Waals surface area (Å²) in [5.41, 5.74) is 1.00. The van der Waals surface area contributed by atoms with Gasteiger partial charge in [-0.15, -0.1) is 0 Å². The van der Waals surface area contributed by atoms with Crippen molar-refractivity contribution in [2.45, 2.75) is 128 Å². The number of likely N-dealkylation sites (tertiary alicyclic amines) is 2. The van der Waals surface area contributed by atoms with E-state index in [-0.39, 0.29) is 34.9 Å². The number of hydrogen-bond donors (Lipinski definition) is 0. The van der Waals surface area contributed by atoms with Gasteiger partial charge in [0, 0.05) is 35.8 Å². The number of carbonyl (C=O) groups is 2. The largest absolute Gasteiger partial charge is 0.493 e. The first kappa shape index (κ1) is 43.6. The molecule has 10 nitrogen and oxygen atoms in total. The molecule has 0 aromatic heterocycles. The van der Waals surface area contributed by atoms with Crippen molar-refractivity contribution >= 4 is 11.9 Å². The number of nitrogens with zero attached hydrogens (tertiary/aromatic N) is 2. The lowest BCUT2D eigenvalue weighted by molar-refractivity contribution is -0.152. The highest BCUT2D eigenvalue weighted by atomic mass is 16.5. The molecule has 0 bridgehead atoms. The molecule has 0 radical (unpaired) electrons. The molecule has 58 heavy (non-hydrogen) atoms. The van der Waals surface area contributed by atoms with Gasteiger partial charge < -0.3 is 28.4 Å². The van der Waals surface area contributed by atoms with E-state index in [2.05, 4.69) is 74.0 Å². The third-order valence-corrected chi connectivity index (χ3v) is 14.3. The minimum Gasteiger partial charge on any atom is -0.493 e. The van der Waals surface area contributed by atoms with E-state index in [1.54, 1.807) is 28.4 Å². The zero-order valence-electron chi connectivity index (χ0n) is 36.8. The minimum absolute atomic E-state index is 0.0259. The first-order valence-corrected chi connectivity index (χ1v) is 21.5. The number of fused-ring (bicyclic) bond motifs is 2. The van der Waals surface area contributed by atoms with Crippen LogP contribution in [0.4, 0.5) is 0 Å². The maximum Gasteiger partial charge on any atom is 0.316 e. The van der Waals surface area contributed by atoms with Crippen molar-refractivity contribution in [3.63, 3.8) is 0 Å². The number of methoxy groups -OCH3 is 4. The molecule has 0 amide bonds. The Morgan fingerprint density at radius 3 is 1.74 bits per heavy atom. The summed E-state index contributed by atoms with van der Waals surface area (Å²) in [5, 5.41) is 0. The Kier molecular flexibility index (Phi) is 13.3. The summed E-state index contributed by atoms with van der Waals surface area (Å²) in [6.45, 7) is 12.9. The van der Waals surface area contributed by atoms with E-state index in [1.165, 1.54) is 11.1 Å². The SMILES string of the molecule is CCCC(C)(C)C(=O)OC1=C[C@@H]2N(CCCC(C)(CC)C(=O)OC3=C[C@@H]4N(C)CC[C@]4(c4ccc(OC)c(OC)c4)CC3)CC[C@]2(c2ccc(OC)c(OC)c2)CC1. The van der Waals surface area contributed by atoms with Crippen molar-refractivity contribution in [1.82, 2.24) is 9.80 Å². The van der Waals surface area contributed by atoms with Crippen LogP contribution >= 0.6 is 0 Å². The van der Waals surface area contributed by atoms with E-state index >= 15 is 0 Å². The van der Waals surface area contributed by atoms with E-state index in [0.717, 1.165) is 87.6 Å². The van der Waals surface area contributed by atoms with Gasteiger partial charge >= 0.3 is 11.9 Å². The van der Waals surface area contributed by atoms with Gasteiger partial charge in [-0.3, -0.25) is 19.4 Å². The van der Waals surface area contributed by atoms with Gasteiger partial charge in [0.25, 0.3) is 0 Å². The Morgan fingerprint density at radius 1 is 0.690 bits per heavy atom. The van der Waals surface area contributed by atoms with Crippen LogP contribution in [-0.4, -0.2) is 88.9 Å². The average Bonchev–Trinajstić information content (AvgIpc) is 3.77.